The molecule has 26 heavy (non-hydrogen) atoms. The number of carbonyl (C=O) groups excluding carboxylic acids is 1. The van der Waals surface area contributed by atoms with Crippen molar-refractivity contribution >= 4 is 21.7 Å². The molecule has 1 heterocycles. The Hall–Kier alpha value is -2.09. The zero-order valence-electron chi connectivity index (χ0n) is 15.6. The number of amides is 1. The Morgan fingerprint density at radius 1 is 1.31 bits per heavy atom. The van der Waals surface area contributed by atoms with E-state index in [0.29, 0.717) is 17.4 Å². The van der Waals surface area contributed by atoms with Crippen LogP contribution in [0, 0.1) is 5.92 Å². The van der Waals surface area contributed by atoms with Crippen LogP contribution in [-0.4, -0.2) is 63.7 Å². The van der Waals surface area contributed by atoms with E-state index in [2.05, 4.69) is 15.6 Å². The number of nitrogens with one attached hydrogen (secondary N) is 2. The van der Waals surface area contributed by atoms with Crippen molar-refractivity contribution in [3.05, 3.63) is 30.3 Å². The molecule has 1 unspecified atom stereocenters. The molecule has 144 valence electrons. The van der Waals surface area contributed by atoms with Gasteiger partial charge in [0.15, 0.2) is 15.8 Å². The minimum Gasteiger partial charge on any atom is -0.355 e. The largest absolute Gasteiger partial charge is 0.355 e. The van der Waals surface area contributed by atoms with Crippen molar-refractivity contribution in [1.29, 1.82) is 0 Å². The van der Waals surface area contributed by atoms with Gasteiger partial charge in [-0.15, -0.1) is 0 Å². The number of hydrogen-bond acceptors (Lipinski definition) is 4. The quantitative estimate of drug-likeness (QED) is 0.565. The van der Waals surface area contributed by atoms with Crippen molar-refractivity contribution < 1.29 is 13.2 Å². The summed E-state index contributed by atoms with van der Waals surface area (Å²) < 4.78 is 24.6. The van der Waals surface area contributed by atoms with E-state index in [1.165, 1.54) is 0 Å². The third-order valence-corrected chi connectivity index (χ3v) is 6.06. The molecule has 0 spiro atoms. The highest BCUT2D eigenvalue weighted by molar-refractivity contribution is 7.91. The SMILES string of the molecule is CN=C(NCCS(=O)(=O)c1ccccc1)NC1CCN(C(=O)C(C)C)C1. The second-order valence-corrected chi connectivity index (χ2v) is 8.81. The average Bonchev–Trinajstić information content (AvgIpc) is 3.09. The third-order valence-electron chi connectivity index (χ3n) is 4.32. The van der Waals surface area contributed by atoms with E-state index in [1.807, 2.05) is 18.7 Å². The van der Waals surface area contributed by atoms with Crippen molar-refractivity contribution in [2.24, 2.45) is 10.9 Å². The van der Waals surface area contributed by atoms with Crippen LogP contribution < -0.4 is 10.6 Å². The van der Waals surface area contributed by atoms with Gasteiger partial charge in [0.05, 0.1) is 10.6 Å². The average molecular weight is 381 g/mol. The number of rotatable bonds is 6. The van der Waals surface area contributed by atoms with Gasteiger partial charge in [-0.25, -0.2) is 8.42 Å². The van der Waals surface area contributed by atoms with E-state index in [1.54, 1.807) is 37.4 Å². The summed E-state index contributed by atoms with van der Waals surface area (Å²) in [5, 5.41) is 6.31. The van der Waals surface area contributed by atoms with Gasteiger partial charge in [0.2, 0.25) is 5.91 Å². The Kier molecular flexibility index (Phi) is 7.02. The van der Waals surface area contributed by atoms with Crippen LogP contribution in [0.5, 0.6) is 0 Å². The van der Waals surface area contributed by atoms with Crippen LogP contribution in [0.2, 0.25) is 0 Å². The number of hydrogen-bond donors (Lipinski definition) is 2. The molecular formula is C18H28N4O3S. The predicted octanol–water partition coefficient (Wildman–Crippen LogP) is 0.882. The highest BCUT2D eigenvalue weighted by atomic mass is 32.2. The Bertz CT molecular complexity index is 732. The standard InChI is InChI=1S/C18H28N4O3S/c1-14(2)17(23)22-11-9-15(13-22)21-18(19-3)20-10-12-26(24,25)16-7-5-4-6-8-16/h4-8,14-15H,9-13H2,1-3H3,(H2,19,20,21). The van der Waals surface area contributed by atoms with Crippen molar-refractivity contribution in [3.63, 3.8) is 0 Å². The van der Waals surface area contributed by atoms with Crippen LogP contribution in [0.4, 0.5) is 0 Å². The van der Waals surface area contributed by atoms with Gasteiger partial charge in [0.25, 0.3) is 0 Å². The zero-order valence-corrected chi connectivity index (χ0v) is 16.4. The molecule has 1 aliphatic rings. The predicted molar refractivity (Wildman–Crippen MR) is 103 cm³/mol. The summed E-state index contributed by atoms with van der Waals surface area (Å²) in [6, 6.07) is 8.53. The molecule has 1 aromatic rings. The van der Waals surface area contributed by atoms with Crippen molar-refractivity contribution in [2.45, 2.75) is 31.2 Å². The second kappa shape index (κ2) is 9.02. The highest BCUT2D eigenvalue weighted by Gasteiger charge is 2.28. The van der Waals surface area contributed by atoms with Crippen molar-refractivity contribution in [2.75, 3.05) is 32.4 Å². The Labute approximate surface area is 155 Å². The fourth-order valence-electron chi connectivity index (χ4n) is 2.88. The number of nitrogens with zero attached hydrogens (tertiary/aromatic N) is 2. The molecule has 7 nitrogen and oxygen atoms in total. The van der Waals surface area contributed by atoms with E-state index >= 15 is 0 Å². The smallest absolute Gasteiger partial charge is 0.225 e. The summed E-state index contributed by atoms with van der Waals surface area (Å²) in [6.45, 7) is 5.43. The molecule has 0 aliphatic carbocycles. The number of likely N-dealkylation sites (tertiary alicyclic amines) is 1. The number of aliphatic imine (C=N–C) groups is 1. The van der Waals surface area contributed by atoms with E-state index in [0.717, 1.165) is 13.0 Å². The normalized spacial score (nSPS) is 18.2. The summed E-state index contributed by atoms with van der Waals surface area (Å²) in [6.07, 6.45) is 0.849. The molecule has 2 N–H and O–H groups in total. The first-order chi connectivity index (χ1) is 12.3. The third kappa shape index (κ3) is 5.45. The molecule has 1 aromatic carbocycles. The summed E-state index contributed by atoms with van der Waals surface area (Å²) in [5.41, 5.74) is 0. The van der Waals surface area contributed by atoms with Gasteiger partial charge in [-0.3, -0.25) is 9.79 Å². The Morgan fingerprint density at radius 2 is 2.00 bits per heavy atom. The van der Waals surface area contributed by atoms with Crippen LogP contribution >= 0.6 is 0 Å². The lowest BCUT2D eigenvalue weighted by atomic mass is 10.2. The number of guanidine groups is 1. The van der Waals surface area contributed by atoms with Crippen molar-refractivity contribution in [1.82, 2.24) is 15.5 Å². The van der Waals surface area contributed by atoms with Crippen molar-refractivity contribution in [3.8, 4) is 0 Å². The molecule has 1 aliphatic heterocycles. The van der Waals surface area contributed by atoms with Crippen LogP contribution in [0.3, 0.4) is 0 Å². The molecule has 0 saturated carbocycles. The maximum absolute atomic E-state index is 12.3. The van der Waals surface area contributed by atoms with Gasteiger partial charge >= 0.3 is 0 Å². The van der Waals surface area contributed by atoms with E-state index in [-0.39, 0.29) is 30.2 Å². The van der Waals surface area contributed by atoms with Crippen LogP contribution in [-0.2, 0) is 14.6 Å². The lowest BCUT2D eigenvalue weighted by Crippen LogP contribution is -2.46. The van der Waals surface area contributed by atoms with Gasteiger partial charge < -0.3 is 15.5 Å². The molecule has 8 heteroatoms. The monoisotopic (exact) mass is 380 g/mol. The number of sulfone groups is 1. The van der Waals surface area contributed by atoms with Gasteiger partial charge in [0.1, 0.15) is 0 Å². The molecule has 1 fully saturated rings. The van der Waals surface area contributed by atoms with Gasteiger partial charge in [-0.2, -0.15) is 0 Å². The van der Waals surface area contributed by atoms with Gasteiger partial charge in [-0.1, -0.05) is 32.0 Å². The van der Waals surface area contributed by atoms with E-state index < -0.39 is 9.84 Å². The van der Waals surface area contributed by atoms with Gasteiger partial charge in [-0.05, 0) is 18.6 Å². The minimum absolute atomic E-state index is 0.00520. The Balaban J connectivity index is 1.81. The maximum atomic E-state index is 12.3. The fraction of sp³-hybridized carbons (Fsp3) is 0.556. The first-order valence-electron chi connectivity index (χ1n) is 8.87. The summed E-state index contributed by atoms with van der Waals surface area (Å²) in [7, 11) is -1.67. The molecule has 0 radical (unpaired) electrons. The van der Waals surface area contributed by atoms with E-state index in [4.69, 9.17) is 0 Å². The molecule has 2 rings (SSSR count). The van der Waals surface area contributed by atoms with Gasteiger partial charge in [0, 0.05) is 38.6 Å². The molecule has 1 saturated heterocycles. The maximum Gasteiger partial charge on any atom is 0.225 e. The summed E-state index contributed by atoms with van der Waals surface area (Å²) in [4.78, 5) is 18.4. The highest BCUT2D eigenvalue weighted by Crippen LogP contribution is 2.13. The second-order valence-electron chi connectivity index (χ2n) is 6.70. The lowest BCUT2D eigenvalue weighted by Gasteiger charge is -2.20. The lowest BCUT2D eigenvalue weighted by molar-refractivity contribution is -0.133. The number of carbonyl (C=O) groups is 1. The molecule has 0 bridgehead atoms. The molecular weight excluding hydrogens is 352 g/mol. The van der Waals surface area contributed by atoms with Crippen LogP contribution in [0.1, 0.15) is 20.3 Å². The van der Waals surface area contributed by atoms with E-state index in [9.17, 15) is 13.2 Å². The Morgan fingerprint density at radius 3 is 2.62 bits per heavy atom. The fourth-order valence-corrected chi connectivity index (χ4v) is 4.06. The first-order valence-corrected chi connectivity index (χ1v) is 10.5. The molecule has 1 amide bonds. The molecule has 0 aromatic heterocycles. The number of benzene rings is 1. The first kappa shape index (κ1) is 20.2. The summed E-state index contributed by atoms with van der Waals surface area (Å²) in [5.74, 6) is 0.693. The minimum atomic E-state index is -3.32. The summed E-state index contributed by atoms with van der Waals surface area (Å²) >= 11 is 0. The van der Waals surface area contributed by atoms with Crippen LogP contribution in [0.15, 0.2) is 40.2 Å². The zero-order chi connectivity index (χ0) is 19.2. The molecule has 1 atom stereocenters. The van der Waals surface area contributed by atoms with Crippen LogP contribution in [0.25, 0.3) is 0 Å². The topological polar surface area (TPSA) is 90.9 Å².